The molecule has 10 heteroatoms. The molecule has 0 spiro atoms. The monoisotopic (exact) mass is 460 g/mol. The fraction of sp³-hybridized carbons (Fsp3) is 0.286. The van der Waals surface area contributed by atoms with Crippen LogP contribution in [-0.4, -0.2) is 59.9 Å². The predicted octanol–water partition coefficient (Wildman–Crippen LogP) is 2.86. The molecule has 1 aliphatic heterocycles. The minimum Gasteiger partial charge on any atom is -0.421 e. The average molecular weight is 461 g/mol. The summed E-state index contributed by atoms with van der Waals surface area (Å²) in [6, 6.07) is 15.5. The number of aromatic nitrogens is 2. The van der Waals surface area contributed by atoms with Gasteiger partial charge in [-0.05, 0) is 36.4 Å². The van der Waals surface area contributed by atoms with Gasteiger partial charge in [-0.3, -0.25) is 4.79 Å². The first-order valence-electron chi connectivity index (χ1n) is 9.85. The molecular formula is C21H21ClN4O4S. The smallest absolute Gasteiger partial charge is 0.247 e. The number of carbonyl (C=O) groups is 1. The van der Waals surface area contributed by atoms with Crippen LogP contribution in [0.25, 0.3) is 11.5 Å². The molecule has 8 nitrogen and oxygen atoms in total. The Morgan fingerprint density at radius 1 is 0.968 bits per heavy atom. The van der Waals surface area contributed by atoms with Gasteiger partial charge >= 0.3 is 0 Å². The molecule has 0 bridgehead atoms. The molecule has 0 unspecified atom stereocenters. The second kappa shape index (κ2) is 9.17. The zero-order chi connectivity index (χ0) is 21.8. The highest BCUT2D eigenvalue weighted by Crippen LogP contribution is 2.21. The van der Waals surface area contributed by atoms with Crippen LogP contribution in [0.4, 0.5) is 0 Å². The fourth-order valence-corrected chi connectivity index (χ4v) is 4.91. The van der Waals surface area contributed by atoms with Crippen molar-refractivity contribution in [3.05, 3.63) is 65.5 Å². The van der Waals surface area contributed by atoms with E-state index in [1.54, 1.807) is 17.0 Å². The Morgan fingerprint density at radius 2 is 1.65 bits per heavy atom. The molecule has 3 aromatic rings. The van der Waals surface area contributed by atoms with E-state index in [-0.39, 0.29) is 30.3 Å². The highest BCUT2D eigenvalue weighted by atomic mass is 35.5. The van der Waals surface area contributed by atoms with Gasteiger partial charge in [0.1, 0.15) is 0 Å². The summed E-state index contributed by atoms with van der Waals surface area (Å²) < 4.78 is 32.5. The van der Waals surface area contributed by atoms with Gasteiger partial charge in [0.05, 0.1) is 4.90 Å². The largest absolute Gasteiger partial charge is 0.421 e. The number of hydrogen-bond donors (Lipinski definition) is 0. The fourth-order valence-electron chi connectivity index (χ4n) is 3.36. The first-order valence-corrected chi connectivity index (χ1v) is 11.7. The van der Waals surface area contributed by atoms with Crippen LogP contribution in [0.1, 0.15) is 12.3 Å². The van der Waals surface area contributed by atoms with E-state index in [1.165, 1.54) is 16.4 Å². The minimum atomic E-state index is -3.60. The topological polar surface area (TPSA) is 96.6 Å². The maximum atomic E-state index is 12.8. The number of sulfonamides is 1. The van der Waals surface area contributed by atoms with Crippen molar-refractivity contribution in [3.8, 4) is 11.5 Å². The summed E-state index contributed by atoms with van der Waals surface area (Å²) >= 11 is 5.84. The SMILES string of the molecule is O=C(CCc1nnc(-c2ccccc2)o1)N1CCN(S(=O)(=O)c2ccc(Cl)cc2)CC1. The molecule has 162 valence electrons. The molecule has 0 radical (unpaired) electrons. The van der Waals surface area contributed by atoms with Crippen LogP contribution in [0.15, 0.2) is 63.9 Å². The van der Waals surface area contributed by atoms with E-state index in [4.69, 9.17) is 16.0 Å². The molecule has 0 atom stereocenters. The summed E-state index contributed by atoms with van der Waals surface area (Å²) in [4.78, 5) is 14.4. The first-order chi connectivity index (χ1) is 14.9. The number of carbonyl (C=O) groups excluding carboxylic acids is 1. The van der Waals surface area contributed by atoms with E-state index in [2.05, 4.69) is 10.2 Å². The van der Waals surface area contributed by atoms with E-state index < -0.39 is 10.0 Å². The lowest BCUT2D eigenvalue weighted by Gasteiger charge is -2.34. The van der Waals surface area contributed by atoms with Crippen LogP contribution < -0.4 is 0 Å². The van der Waals surface area contributed by atoms with Crippen molar-refractivity contribution in [1.29, 1.82) is 0 Å². The highest BCUT2D eigenvalue weighted by molar-refractivity contribution is 7.89. The Labute approximate surface area is 185 Å². The van der Waals surface area contributed by atoms with E-state index in [9.17, 15) is 13.2 Å². The lowest BCUT2D eigenvalue weighted by atomic mass is 10.2. The summed E-state index contributed by atoms with van der Waals surface area (Å²) in [5.41, 5.74) is 0.825. The van der Waals surface area contributed by atoms with Gasteiger partial charge in [0, 0.05) is 49.6 Å². The molecule has 0 N–H and O–H groups in total. The molecular weight excluding hydrogens is 440 g/mol. The molecule has 31 heavy (non-hydrogen) atoms. The van der Waals surface area contributed by atoms with Crippen molar-refractivity contribution in [2.75, 3.05) is 26.2 Å². The van der Waals surface area contributed by atoms with Crippen LogP contribution >= 0.6 is 11.6 Å². The minimum absolute atomic E-state index is 0.0667. The van der Waals surface area contributed by atoms with Gasteiger partial charge in [-0.25, -0.2) is 8.42 Å². The Hall–Kier alpha value is -2.75. The van der Waals surface area contributed by atoms with E-state index in [0.29, 0.717) is 36.3 Å². The van der Waals surface area contributed by atoms with Gasteiger partial charge in [-0.15, -0.1) is 10.2 Å². The molecule has 1 aromatic heterocycles. The van der Waals surface area contributed by atoms with Crippen molar-refractivity contribution < 1.29 is 17.6 Å². The van der Waals surface area contributed by atoms with Gasteiger partial charge in [-0.1, -0.05) is 29.8 Å². The molecule has 1 fully saturated rings. The van der Waals surface area contributed by atoms with E-state index in [0.717, 1.165) is 5.56 Å². The molecule has 1 aliphatic rings. The van der Waals surface area contributed by atoms with Crippen LogP contribution in [0.2, 0.25) is 5.02 Å². The molecule has 2 heterocycles. The summed E-state index contributed by atoms with van der Waals surface area (Å²) in [5.74, 6) is 0.753. The van der Waals surface area contributed by atoms with Gasteiger partial charge in [0.15, 0.2) is 0 Å². The summed E-state index contributed by atoms with van der Waals surface area (Å²) in [6.45, 7) is 1.17. The van der Waals surface area contributed by atoms with Crippen LogP contribution in [0.3, 0.4) is 0 Å². The Morgan fingerprint density at radius 3 is 2.32 bits per heavy atom. The third kappa shape index (κ3) is 4.95. The van der Waals surface area contributed by atoms with Crippen molar-refractivity contribution in [2.24, 2.45) is 0 Å². The quantitative estimate of drug-likeness (QED) is 0.561. The predicted molar refractivity (Wildman–Crippen MR) is 115 cm³/mol. The summed E-state index contributed by atoms with van der Waals surface area (Å²) in [7, 11) is -3.60. The molecule has 1 amide bonds. The summed E-state index contributed by atoms with van der Waals surface area (Å²) in [6.07, 6.45) is 0.558. The normalized spacial score (nSPS) is 15.2. The Kier molecular flexibility index (Phi) is 6.35. The standard InChI is InChI=1S/C21H21ClN4O4S/c22-17-6-8-18(9-7-17)31(28,29)26-14-12-25(13-15-26)20(27)11-10-19-23-24-21(30-19)16-4-2-1-3-5-16/h1-9H,10-15H2. The second-order valence-corrected chi connectivity index (χ2v) is 9.48. The zero-order valence-electron chi connectivity index (χ0n) is 16.6. The molecule has 1 saturated heterocycles. The number of piperazine rings is 1. The van der Waals surface area contributed by atoms with E-state index in [1.807, 2.05) is 30.3 Å². The van der Waals surface area contributed by atoms with Crippen LogP contribution in [0.5, 0.6) is 0 Å². The van der Waals surface area contributed by atoms with Gasteiger partial charge in [-0.2, -0.15) is 4.31 Å². The number of nitrogens with zero attached hydrogens (tertiary/aromatic N) is 4. The van der Waals surface area contributed by atoms with Gasteiger partial charge in [0.2, 0.25) is 27.7 Å². The lowest BCUT2D eigenvalue weighted by molar-refractivity contribution is -0.132. The number of amides is 1. The number of benzene rings is 2. The second-order valence-electron chi connectivity index (χ2n) is 7.11. The third-order valence-corrected chi connectivity index (χ3v) is 7.25. The molecule has 0 saturated carbocycles. The molecule has 0 aliphatic carbocycles. The number of halogens is 1. The van der Waals surface area contributed by atoms with Crippen molar-refractivity contribution in [1.82, 2.24) is 19.4 Å². The lowest BCUT2D eigenvalue weighted by Crippen LogP contribution is -2.50. The maximum Gasteiger partial charge on any atom is 0.247 e. The first kappa shape index (κ1) is 21.5. The van der Waals surface area contributed by atoms with Crippen molar-refractivity contribution >= 4 is 27.5 Å². The zero-order valence-corrected chi connectivity index (χ0v) is 18.2. The third-order valence-electron chi connectivity index (χ3n) is 5.08. The van der Waals surface area contributed by atoms with Crippen molar-refractivity contribution in [3.63, 3.8) is 0 Å². The number of aryl methyl sites for hydroxylation is 1. The average Bonchev–Trinajstić information content (AvgIpc) is 3.27. The molecule has 4 rings (SSSR count). The maximum absolute atomic E-state index is 12.8. The van der Waals surface area contributed by atoms with Crippen LogP contribution in [-0.2, 0) is 21.2 Å². The van der Waals surface area contributed by atoms with Crippen molar-refractivity contribution in [2.45, 2.75) is 17.7 Å². The Bertz CT molecular complexity index is 1140. The number of hydrogen-bond acceptors (Lipinski definition) is 6. The van der Waals surface area contributed by atoms with Gasteiger partial charge in [0.25, 0.3) is 0 Å². The number of rotatable bonds is 6. The van der Waals surface area contributed by atoms with Gasteiger partial charge < -0.3 is 9.32 Å². The summed E-state index contributed by atoms with van der Waals surface area (Å²) in [5, 5.41) is 8.51. The van der Waals surface area contributed by atoms with Crippen LogP contribution in [0, 0.1) is 0 Å². The molecule has 2 aromatic carbocycles. The highest BCUT2D eigenvalue weighted by Gasteiger charge is 2.30. The van der Waals surface area contributed by atoms with E-state index >= 15 is 0 Å². The Balaban J connectivity index is 1.30.